The molecule has 0 radical (unpaired) electrons. The van der Waals surface area contributed by atoms with E-state index in [4.69, 9.17) is 4.74 Å². The minimum Gasteiger partial charge on any atom is -0.484 e. The molecule has 0 aliphatic rings. The molecular weight excluding hydrogens is 400 g/mol. The summed E-state index contributed by atoms with van der Waals surface area (Å²) in [5.74, 6) is 0.429. The van der Waals surface area contributed by atoms with Gasteiger partial charge in [0.1, 0.15) is 16.8 Å². The van der Waals surface area contributed by atoms with Crippen molar-refractivity contribution in [3.63, 3.8) is 0 Å². The fraction of sp³-hybridized carbons (Fsp3) is 0.115. The standard InChI is InChI=1S/C26H22N4O2/c1-17-7-10-21(11-8-17)30-28-24-13-18(2)23(15-25(24)29-30)27-26(31)16-32-22-12-9-19-5-3-4-6-20(19)14-22/h3-15H,16H2,1-2H3,(H,27,31). The molecule has 0 fully saturated rings. The van der Waals surface area contributed by atoms with Crippen LogP contribution in [0.3, 0.4) is 0 Å². The molecule has 6 nitrogen and oxygen atoms in total. The number of nitrogens with zero attached hydrogens (tertiary/aromatic N) is 3. The van der Waals surface area contributed by atoms with Crippen molar-refractivity contribution in [3.05, 3.63) is 90.0 Å². The Hall–Kier alpha value is -4.19. The van der Waals surface area contributed by atoms with E-state index in [0.717, 1.165) is 27.5 Å². The van der Waals surface area contributed by atoms with Gasteiger partial charge in [-0.3, -0.25) is 4.79 Å². The second-order valence-electron chi connectivity index (χ2n) is 7.83. The Morgan fingerprint density at radius 3 is 2.38 bits per heavy atom. The van der Waals surface area contributed by atoms with Crippen LogP contribution in [0.15, 0.2) is 78.9 Å². The van der Waals surface area contributed by atoms with E-state index in [1.807, 2.05) is 92.7 Å². The fourth-order valence-corrected chi connectivity index (χ4v) is 3.59. The number of hydrogen-bond donors (Lipinski definition) is 1. The third-order valence-electron chi connectivity index (χ3n) is 5.36. The molecular formula is C26H22N4O2. The molecule has 5 rings (SSSR count). The van der Waals surface area contributed by atoms with Gasteiger partial charge < -0.3 is 10.1 Å². The highest BCUT2D eigenvalue weighted by Gasteiger charge is 2.11. The molecule has 32 heavy (non-hydrogen) atoms. The molecule has 0 atom stereocenters. The molecule has 5 aromatic rings. The van der Waals surface area contributed by atoms with E-state index < -0.39 is 0 Å². The summed E-state index contributed by atoms with van der Waals surface area (Å²) in [5, 5.41) is 14.3. The molecule has 6 heteroatoms. The second kappa shape index (κ2) is 8.15. The van der Waals surface area contributed by atoms with Gasteiger partial charge in [-0.05, 0) is 66.6 Å². The first-order valence-electron chi connectivity index (χ1n) is 10.4. The lowest BCUT2D eigenvalue weighted by atomic mass is 10.1. The van der Waals surface area contributed by atoms with E-state index in [-0.39, 0.29) is 12.5 Å². The summed E-state index contributed by atoms with van der Waals surface area (Å²) in [6, 6.07) is 25.6. The molecule has 0 bridgehead atoms. The minimum atomic E-state index is -0.230. The van der Waals surface area contributed by atoms with Crippen LogP contribution in [0.1, 0.15) is 11.1 Å². The zero-order valence-electron chi connectivity index (χ0n) is 17.9. The number of aromatic nitrogens is 3. The monoisotopic (exact) mass is 422 g/mol. The number of aryl methyl sites for hydroxylation is 2. The average Bonchev–Trinajstić information content (AvgIpc) is 3.21. The number of benzene rings is 4. The van der Waals surface area contributed by atoms with Crippen LogP contribution >= 0.6 is 0 Å². The molecule has 0 aliphatic heterocycles. The molecule has 1 amide bonds. The molecule has 4 aromatic carbocycles. The fourth-order valence-electron chi connectivity index (χ4n) is 3.59. The van der Waals surface area contributed by atoms with Gasteiger partial charge in [-0.25, -0.2) is 0 Å². The maximum atomic E-state index is 12.5. The van der Waals surface area contributed by atoms with Gasteiger partial charge in [-0.15, -0.1) is 10.2 Å². The normalized spacial score (nSPS) is 11.1. The largest absolute Gasteiger partial charge is 0.484 e. The Morgan fingerprint density at radius 2 is 1.59 bits per heavy atom. The quantitative estimate of drug-likeness (QED) is 0.422. The summed E-state index contributed by atoms with van der Waals surface area (Å²) in [7, 11) is 0. The van der Waals surface area contributed by atoms with E-state index in [2.05, 4.69) is 15.5 Å². The van der Waals surface area contributed by atoms with Crippen molar-refractivity contribution in [1.29, 1.82) is 0 Å². The number of rotatable bonds is 5. The zero-order valence-corrected chi connectivity index (χ0v) is 17.9. The van der Waals surface area contributed by atoms with Gasteiger partial charge >= 0.3 is 0 Å². The first kappa shape index (κ1) is 19.8. The van der Waals surface area contributed by atoms with E-state index in [1.165, 1.54) is 5.56 Å². The summed E-state index contributed by atoms with van der Waals surface area (Å²) in [6.45, 7) is 3.90. The molecule has 1 heterocycles. The van der Waals surface area contributed by atoms with Crippen molar-refractivity contribution >= 4 is 33.4 Å². The van der Waals surface area contributed by atoms with Crippen molar-refractivity contribution < 1.29 is 9.53 Å². The van der Waals surface area contributed by atoms with Gasteiger partial charge in [0.15, 0.2) is 6.61 Å². The number of anilines is 1. The van der Waals surface area contributed by atoms with Crippen LogP contribution in [0.2, 0.25) is 0 Å². The van der Waals surface area contributed by atoms with E-state index in [9.17, 15) is 4.79 Å². The molecule has 0 aliphatic carbocycles. The molecule has 0 spiro atoms. The number of carbonyl (C=O) groups is 1. The average molecular weight is 422 g/mol. The van der Waals surface area contributed by atoms with E-state index >= 15 is 0 Å². The topological polar surface area (TPSA) is 69.0 Å². The van der Waals surface area contributed by atoms with Gasteiger partial charge in [-0.1, -0.05) is 48.0 Å². The lowest BCUT2D eigenvalue weighted by Crippen LogP contribution is -2.20. The highest BCUT2D eigenvalue weighted by molar-refractivity contribution is 5.95. The Labute approximate surface area is 185 Å². The number of ether oxygens (including phenoxy) is 1. The van der Waals surface area contributed by atoms with Crippen LogP contribution in [0.5, 0.6) is 5.75 Å². The summed E-state index contributed by atoms with van der Waals surface area (Å²) in [5.41, 5.74) is 5.15. The molecule has 1 N–H and O–H groups in total. The Bertz CT molecular complexity index is 1440. The predicted octanol–water partition coefficient (Wildman–Crippen LogP) is 5.21. The Morgan fingerprint density at radius 1 is 0.875 bits per heavy atom. The third kappa shape index (κ3) is 4.03. The number of carbonyl (C=O) groups excluding carboxylic acids is 1. The minimum absolute atomic E-state index is 0.0775. The van der Waals surface area contributed by atoms with Crippen molar-refractivity contribution in [2.75, 3.05) is 11.9 Å². The maximum absolute atomic E-state index is 12.5. The molecule has 158 valence electrons. The zero-order chi connectivity index (χ0) is 22.1. The number of amides is 1. The SMILES string of the molecule is Cc1ccc(-n2nc3cc(C)c(NC(=O)COc4ccc5ccccc5c4)cc3n2)cc1. The van der Waals surface area contributed by atoms with Crippen molar-refractivity contribution in [2.45, 2.75) is 13.8 Å². The molecule has 0 saturated carbocycles. The van der Waals surface area contributed by atoms with Crippen LogP contribution in [0.25, 0.3) is 27.5 Å². The first-order valence-corrected chi connectivity index (χ1v) is 10.4. The third-order valence-corrected chi connectivity index (χ3v) is 5.36. The first-order chi connectivity index (χ1) is 15.5. The van der Waals surface area contributed by atoms with Crippen LogP contribution in [-0.4, -0.2) is 27.5 Å². The lowest BCUT2D eigenvalue weighted by molar-refractivity contribution is -0.118. The van der Waals surface area contributed by atoms with Crippen LogP contribution in [0, 0.1) is 13.8 Å². The van der Waals surface area contributed by atoms with Gasteiger partial charge in [0, 0.05) is 5.69 Å². The molecule has 0 unspecified atom stereocenters. The van der Waals surface area contributed by atoms with Crippen molar-refractivity contribution in [1.82, 2.24) is 15.0 Å². The van der Waals surface area contributed by atoms with Crippen LogP contribution in [0.4, 0.5) is 5.69 Å². The van der Waals surface area contributed by atoms with Gasteiger partial charge in [0.2, 0.25) is 0 Å². The maximum Gasteiger partial charge on any atom is 0.262 e. The van der Waals surface area contributed by atoms with Gasteiger partial charge in [0.25, 0.3) is 5.91 Å². The predicted molar refractivity (Wildman–Crippen MR) is 126 cm³/mol. The second-order valence-corrected chi connectivity index (χ2v) is 7.83. The van der Waals surface area contributed by atoms with Crippen molar-refractivity contribution in [3.8, 4) is 11.4 Å². The summed E-state index contributed by atoms with van der Waals surface area (Å²) in [6.07, 6.45) is 0. The van der Waals surface area contributed by atoms with Crippen molar-refractivity contribution in [2.24, 2.45) is 0 Å². The highest BCUT2D eigenvalue weighted by atomic mass is 16.5. The van der Waals surface area contributed by atoms with Crippen LogP contribution < -0.4 is 10.1 Å². The summed E-state index contributed by atoms with van der Waals surface area (Å²) >= 11 is 0. The lowest BCUT2D eigenvalue weighted by Gasteiger charge is -2.10. The molecule has 0 saturated heterocycles. The van der Waals surface area contributed by atoms with Gasteiger partial charge in [-0.2, -0.15) is 4.80 Å². The van der Waals surface area contributed by atoms with E-state index in [1.54, 1.807) is 4.80 Å². The Balaban J connectivity index is 1.30. The molecule has 1 aromatic heterocycles. The number of nitrogens with one attached hydrogen (secondary N) is 1. The number of hydrogen-bond acceptors (Lipinski definition) is 4. The number of fused-ring (bicyclic) bond motifs is 2. The smallest absolute Gasteiger partial charge is 0.262 e. The van der Waals surface area contributed by atoms with Crippen LogP contribution in [-0.2, 0) is 4.79 Å². The van der Waals surface area contributed by atoms with E-state index in [0.29, 0.717) is 17.0 Å². The Kier molecular flexibility index (Phi) is 5.03. The summed E-state index contributed by atoms with van der Waals surface area (Å²) < 4.78 is 5.70. The summed E-state index contributed by atoms with van der Waals surface area (Å²) in [4.78, 5) is 14.1. The van der Waals surface area contributed by atoms with Gasteiger partial charge in [0.05, 0.1) is 5.69 Å². The highest BCUT2D eigenvalue weighted by Crippen LogP contribution is 2.23.